The maximum atomic E-state index is 13.2. The summed E-state index contributed by atoms with van der Waals surface area (Å²) in [6.07, 6.45) is 3.99. The van der Waals surface area contributed by atoms with Gasteiger partial charge < -0.3 is 10.5 Å². The first-order valence-corrected chi connectivity index (χ1v) is 7.22. The molecule has 1 aromatic carbocycles. The van der Waals surface area contributed by atoms with Gasteiger partial charge in [-0.2, -0.15) is 0 Å². The molecule has 1 aliphatic rings. The lowest BCUT2D eigenvalue weighted by molar-refractivity contribution is 0.0154. The number of carbonyl (C=O) groups excluding carboxylic acids is 1. The fourth-order valence-corrected chi connectivity index (χ4v) is 2.90. The van der Waals surface area contributed by atoms with Crippen molar-refractivity contribution in [3.8, 4) is 0 Å². The quantitative estimate of drug-likeness (QED) is 0.661. The van der Waals surface area contributed by atoms with Gasteiger partial charge in [0, 0.05) is 4.47 Å². The van der Waals surface area contributed by atoms with Gasteiger partial charge in [0.15, 0.2) is 0 Å². The molecule has 0 radical (unpaired) electrons. The number of halogens is 2. The van der Waals surface area contributed by atoms with Crippen molar-refractivity contribution in [1.29, 1.82) is 0 Å². The molecule has 3 nitrogen and oxygen atoms in total. The number of ether oxygens (including phenoxy) is 1. The van der Waals surface area contributed by atoms with Gasteiger partial charge in [-0.25, -0.2) is 9.18 Å². The molecule has 2 atom stereocenters. The summed E-state index contributed by atoms with van der Waals surface area (Å²) in [5, 5.41) is 0. The van der Waals surface area contributed by atoms with Crippen molar-refractivity contribution >= 4 is 27.6 Å². The van der Waals surface area contributed by atoms with Gasteiger partial charge in [0.25, 0.3) is 0 Å². The third-order valence-corrected chi connectivity index (χ3v) is 4.12. The third kappa shape index (κ3) is 3.47. The smallest absolute Gasteiger partial charge is 0.339 e. The van der Waals surface area contributed by atoms with Crippen molar-refractivity contribution in [2.24, 2.45) is 5.92 Å². The van der Waals surface area contributed by atoms with Crippen molar-refractivity contribution in [2.75, 3.05) is 5.73 Å². The highest BCUT2D eigenvalue weighted by atomic mass is 79.9. The molecule has 2 N–H and O–H groups in total. The normalized spacial score (nSPS) is 23.1. The lowest BCUT2D eigenvalue weighted by Crippen LogP contribution is -2.24. The van der Waals surface area contributed by atoms with E-state index in [0.29, 0.717) is 10.4 Å². The van der Waals surface area contributed by atoms with Gasteiger partial charge in [-0.15, -0.1) is 0 Å². The SMILES string of the molecule is CC1CCCC(OC(=O)c2cc(N)c(F)cc2Br)C1. The van der Waals surface area contributed by atoms with Gasteiger partial charge in [0.05, 0.1) is 11.3 Å². The molecule has 0 saturated heterocycles. The van der Waals surface area contributed by atoms with Gasteiger partial charge >= 0.3 is 5.97 Å². The van der Waals surface area contributed by atoms with Gasteiger partial charge in [-0.3, -0.25) is 0 Å². The Morgan fingerprint density at radius 2 is 2.21 bits per heavy atom. The molecule has 0 spiro atoms. The zero-order valence-corrected chi connectivity index (χ0v) is 12.4. The fourth-order valence-electron chi connectivity index (χ4n) is 2.42. The molecule has 2 rings (SSSR count). The van der Waals surface area contributed by atoms with E-state index in [1.165, 1.54) is 18.6 Å². The van der Waals surface area contributed by atoms with Crippen LogP contribution in [-0.2, 0) is 4.74 Å². The molecule has 104 valence electrons. The number of nitrogen functional groups attached to an aromatic ring is 1. The topological polar surface area (TPSA) is 52.3 Å². The summed E-state index contributed by atoms with van der Waals surface area (Å²) in [6.45, 7) is 2.16. The van der Waals surface area contributed by atoms with Crippen molar-refractivity contribution < 1.29 is 13.9 Å². The second-order valence-corrected chi connectivity index (χ2v) is 6.01. The Hall–Kier alpha value is -1.10. The van der Waals surface area contributed by atoms with Crippen LogP contribution in [0, 0.1) is 11.7 Å². The van der Waals surface area contributed by atoms with Crippen molar-refractivity contribution in [2.45, 2.75) is 38.7 Å². The van der Waals surface area contributed by atoms with Crippen LogP contribution in [-0.4, -0.2) is 12.1 Å². The Morgan fingerprint density at radius 3 is 2.89 bits per heavy atom. The van der Waals surface area contributed by atoms with Gasteiger partial charge in [0.1, 0.15) is 11.9 Å². The molecule has 0 aliphatic heterocycles. The number of benzene rings is 1. The molecule has 0 heterocycles. The summed E-state index contributed by atoms with van der Waals surface area (Å²) in [7, 11) is 0. The Labute approximate surface area is 120 Å². The van der Waals surface area contributed by atoms with E-state index in [1.54, 1.807) is 0 Å². The van der Waals surface area contributed by atoms with Crippen LogP contribution in [0.5, 0.6) is 0 Å². The van der Waals surface area contributed by atoms with E-state index in [9.17, 15) is 9.18 Å². The molecule has 1 saturated carbocycles. The average Bonchev–Trinajstić information content (AvgIpc) is 2.33. The van der Waals surface area contributed by atoms with E-state index < -0.39 is 11.8 Å². The van der Waals surface area contributed by atoms with Crippen molar-refractivity contribution in [1.82, 2.24) is 0 Å². The number of carbonyl (C=O) groups is 1. The maximum absolute atomic E-state index is 13.2. The standard InChI is InChI=1S/C14H17BrFNO2/c1-8-3-2-4-9(5-8)19-14(18)10-6-13(17)12(16)7-11(10)15/h6-9H,2-5,17H2,1H3. The number of rotatable bonds is 2. The lowest BCUT2D eigenvalue weighted by Gasteiger charge is -2.26. The first-order chi connectivity index (χ1) is 8.97. The third-order valence-electron chi connectivity index (χ3n) is 3.47. The first-order valence-electron chi connectivity index (χ1n) is 6.43. The summed E-state index contributed by atoms with van der Waals surface area (Å²) in [5.41, 5.74) is 5.71. The van der Waals surface area contributed by atoms with Crippen LogP contribution in [0.25, 0.3) is 0 Å². The Kier molecular flexibility index (Phi) is 4.45. The summed E-state index contributed by atoms with van der Waals surface area (Å²) in [5.74, 6) is -0.416. The van der Waals surface area contributed by atoms with Crippen molar-refractivity contribution in [3.05, 3.63) is 28.0 Å². The highest BCUT2D eigenvalue weighted by Gasteiger charge is 2.24. The summed E-state index contributed by atoms with van der Waals surface area (Å²) in [4.78, 5) is 12.1. The molecule has 5 heteroatoms. The zero-order valence-electron chi connectivity index (χ0n) is 10.8. The van der Waals surface area contributed by atoms with Crippen LogP contribution >= 0.6 is 15.9 Å². The van der Waals surface area contributed by atoms with Crippen molar-refractivity contribution in [3.63, 3.8) is 0 Å². The molecular formula is C14H17BrFNO2. The average molecular weight is 330 g/mol. The second-order valence-electron chi connectivity index (χ2n) is 5.15. The van der Waals surface area contributed by atoms with Crippen LogP contribution in [0.3, 0.4) is 0 Å². The molecule has 1 aliphatic carbocycles. The fraction of sp³-hybridized carbons (Fsp3) is 0.500. The maximum Gasteiger partial charge on any atom is 0.339 e. The molecule has 1 aromatic rings. The minimum absolute atomic E-state index is 0.0468. The van der Waals surface area contributed by atoms with E-state index in [-0.39, 0.29) is 17.4 Å². The number of hydrogen-bond acceptors (Lipinski definition) is 3. The summed E-state index contributed by atoms with van der Waals surface area (Å²) >= 11 is 3.16. The van der Waals surface area contributed by atoms with Crippen LogP contribution < -0.4 is 5.73 Å². The Morgan fingerprint density at radius 1 is 1.47 bits per heavy atom. The molecule has 0 aromatic heterocycles. The molecule has 1 fully saturated rings. The minimum Gasteiger partial charge on any atom is -0.459 e. The van der Waals surface area contributed by atoms with Gasteiger partial charge in [-0.1, -0.05) is 13.3 Å². The first kappa shape index (κ1) is 14.3. The Bertz CT molecular complexity index is 493. The highest BCUT2D eigenvalue weighted by molar-refractivity contribution is 9.10. The summed E-state index contributed by atoms with van der Waals surface area (Å²) in [6, 6.07) is 2.50. The highest BCUT2D eigenvalue weighted by Crippen LogP contribution is 2.28. The molecule has 0 bridgehead atoms. The van der Waals surface area contributed by atoms with Crippen LogP contribution in [0.4, 0.5) is 10.1 Å². The van der Waals surface area contributed by atoms with Crippen LogP contribution in [0.2, 0.25) is 0 Å². The number of anilines is 1. The predicted molar refractivity (Wildman–Crippen MR) is 75.3 cm³/mol. The second kappa shape index (κ2) is 5.90. The number of hydrogen-bond donors (Lipinski definition) is 1. The molecular weight excluding hydrogens is 313 g/mol. The molecule has 2 unspecified atom stereocenters. The Balaban J connectivity index is 2.09. The van der Waals surface area contributed by atoms with Crippen LogP contribution in [0.1, 0.15) is 43.0 Å². The van der Waals surface area contributed by atoms with E-state index in [0.717, 1.165) is 19.3 Å². The summed E-state index contributed by atoms with van der Waals surface area (Å²) < 4.78 is 19.1. The van der Waals surface area contributed by atoms with E-state index in [4.69, 9.17) is 10.5 Å². The van der Waals surface area contributed by atoms with E-state index >= 15 is 0 Å². The largest absolute Gasteiger partial charge is 0.459 e. The van der Waals surface area contributed by atoms with E-state index in [2.05, 4.69) is 22.9 Å². The zero-order chi connectivity index (χ0) is 14.0. The lowest BCUT2D eigenvalue weighted by atomic mass is 9.89. The van der Waals surface area contributed by atoms with Gasteiger partial charge in [0.2, 0.25) is 0 Å². The molecule has 19 heavy (non-hydrogen) atoms. The monoisotopic (exact) mass is 329 g/mol. The number of nitrogens with two attached hydrogens (primary N) is 1. The predicted octanol–water partition coefficient (Wildman–Crippen LogP) is 3.91. The minimum atomic E-state index is -0.547. The van der Waals surface area contributed by atoms with E-state index in [1.807, 2.05) is 0 Å². The molecule has 0 amide bonds. The van der Waals surface area contributed by atoms with Gasteiger partial charge in [-0.05, 0) is 53.2 Å². The number of esters is 1. The van der Waals surface area contributed by atoms with Crippen LogP contribution in [0.15, 0.2) is 16.6 Å².